The van der Waals surface area contributed by atoms with E-state index in [1.807, 2.05) is 12.1 Å². The number of oxazole rings is 1. The Balaban J connectivity index is 1.08. The van der Waals surface area contributed by atoms with Crippen molar-refractivity contribution in [3.63, 3.8) is 0 Å². The van der Waals surface area contributed by atoms with Gasteiger partial charge in [0.05, 0.1) is 12.3 Å². The van der Waals surface area contributed by atoms with Gasteiger partial charge in [-0.15, -0.1) is 0 Å². The second kappa shape index (κ2) is 12.1. The number of aliphatic hydroxyl groups excluding tert-OH is 2. The summed E-state index contributed by atoms with van der Waals surface area (Å²) in [4.78, 5) is 23.2. The second-order valence-electron chi connectivity index (χ2n) is 10.6. The molecule has 202 valence electrons. The zero-order valence-electron chi connectivity index (χ0n) is 21.8. The van der Waals surface area contributed by atoms with Gasteiger partial charge in [0.1, 0.15) is 12.4 Å². The highest BCUT2D eigenvalue weighted by Gasteiger charge is 2.29. The molecule has 9 heteroatoms. The molecule has 1 fully saturated rings. The Labute approximate surface area is 222 Å². The van der Waals surface area contributed by atoms with Gasteiger partial charge in [-0.3, -0.25) is 14.7 Å². The molecule has 1 amide bonds. The van der Waals surface area contributed by atoms with E-state index in [2.05, 4.69) is 33.2 Å². The van der Waals surface area contributed by atoms with Crippen LogP contribution < -0.4 is 10.1 Å². The summed E-state index contributed by atoms with van der Waals surface area (Å²) in [7, 11) is 0. The summed E-state index contributed by atoms with van der Waals surface area (Å²) in [6.07, 6.45) is 7.77. The molecule has 1 aliphatic heterocycles. The number of hydrogen-bond acceptors (Lipinski definition) is 8. The molecule has 1 aliphatic carbocycles. The number of rotatable bonds is 11. The molecule has 1 aromatic carbocycles. The first kappa shape index (κ1) is 26.3. The number of nitrogens with one attached hydrogen (secondary N) is 1. The average molecular weight is 521 g/mol. The van der Waals surface area contributed by atoms with Gasteiger partial charge >= 0.3 is 0 Å². The molecule has 3 heterocycles. The molecule has 0 bridgehead atoms. The lowest BCUT2D eigenvalue weighted by Crippen LogP contribution is -2.42. The van der Waals surface area contributed by atoms with E-state index in [9.17, 15) is 15.0 Å². The molecular formula is C29H36N4O5. The number of β-amino-alcohol motifs (C(OH)–C–C–N with tert-alkyl or cyclic N) is 1. The van der Waals surface area contributed by atoms with Gasteiger partial charge in [0, 0.05) is 50.2 Å². The number of carbonyl (C=O) groups excluding carboxylic acids is 1. The smallest absolute Gasteiger partial charge is 0.251 e. The maximum Gasteiger partial charge on any atom is 0.251 e. The summed E-state index contributed by atoms with van der Waals surface area (Å²) in [5.41, 5.74) is 5.12. The van der Waals surface area contributed by atoms with Crippen LogP contribution in [0.4, 0.5) is 0 Å². The van der Waals surface area contributed by atoms with Crippen molar-refractivity contribution in [3.05, 3.63) is 76.8 Å². The number of fused-ring (bicyclic) bond motifs is 1. The number of carbonyl (C=O) groups is 1. The quantitative estimate of drug-likeness (QED) is 0.353. The van der Waals surface area contributed by atoms with Crippen molar-refractivity contribution < 1.29 is 24.2 Å². The minimum Gasteiger partial charge on any atom is -0.485 e. The first-order valence-electron chi connectivity index (χ1n) is 13.3. The summed E-state index contributed by atoms with van der Waals surface area (Å²) in [6, 6.07) is 7.62. The summed E-state index contributed by atoms with van der Waals surface area (Å²) >= 11 is 0. The molecule has 1 atom stereocenters. The van der Waals surface area contributed by atoms with Crippen molar-refractivity contribution in [3.8, 4) is 5.75 Å². The van der Waals surface area contributed by atoms with Crippen LogP contribution in [-0.2, 0) is 26.0 Å². The topological polar surface area (TPSA) is 121 Å². The van der Waals surface area contributed by atoms with Gasteiger partial charge in [0.2, 0.25) is 0 Å². The first-order chi connectivity index (χ1) is 18.5. The largest absolute Gasteiger partial charge is 0.485 e. The molecule has 1 saturated carbocycles. The predicted molar refractivity (Wildman–Crippen MR) is 141 cm³/mol. The highest BCUT2D eigenvalue weighted by Crippen LogP contribution is 2.35. The van der Waals surface area contributed by atoms with Gasteiger partial charge in [0.25, 0.3) is 5.91 Å². The Bertz CT molecular complexity index is 1230. The number of aromatic nitrogens is 2. The molecular weight excluding hydrogens is 484 g/mol. The van der Waals surface area contributed by atoms with Crippen molar-refractivity contribution in [1.82, 2.24) is 20.2 Å². The predicted octanol–water partition coefficient (Wildman–Crippen LogP) is 2.67. The van der Waals surface area contributed by atoms with Crippen molar-refractivity contribution >= 4 is 5.91 Å². The van der Waals surface area contributed by atoms with Crippen molar-refractivity contribution in [2.45, 2.75) is 51.9 Å². The van der Waals surface area contributed by atoms with Gasteiger partial charge in [-0.05, 0) is 79.3 Å². The fourth-order valence-electron chi connectivity index (χ4n) is 5.54. The van der Waals surface area contributed by atoms with E-state index >= 15 is 0 Å². The minimum absolute atomic E-state index is 0.189. The molecule has 2 aromatic heterocycles. The van der Waals surface area contributed by atoms with Crippen molar-refractivity contribution in [2.24, 2.45) is 11.8 Å². The van der Waals surface area contributed by atoms with Crippen LogP contribution in [0, 0.1) is 18.8 Å². The van der Waals surface area contributed by atoms with Crippen LogP contribution in [0.25, 0.3) is 0 Å². The first-order valence-corrected chi connectivity index (χ1v) is 13.3. The third kappa shape index (κ3) is 6.40. The summed E-state index contributed by atoms with van der Waals surface area (Å²) in [5.74, 6) is 2.26. The Kier molecular flexibility index (Phi) is 8.36. The highest BCUT2D eigenvalue weighted by atomic mass is 16.5. The van der Waals surface area contributed by atoms with Crippen LogP contribution in [0.5, 0.6) is 5.75 Å². The fraction of sp³-hybridized carbons (Fsp3) is 0.483. The number of ether oxygens (including phenoxy) is 1. The lowest BCUT2D eigenvalue weighted by Gasteiger charge is -2.33. The molecule has 0 radical (unpaired) electrons. The molecule has 3 aromatic rings. The van der Waals surface area contributed by atoms with Crippen LogP contribution in [0.2, 0.25) is 0 Å². The summed E-state index contributed by atoms with van der Waals surface area (Å²) in [5, 5.41) is 22.7. The maximum absolute atomic E-state index is 12.7. The monoisotopic (exact) mass is 520 g/mol. The Morgan fingerprint density at radius 1 is 1.29 bits per heavy atom. The molecule has 3 N–H and O–H groups in total. The molecule has 0 saturated heterocycles. The van der Waals surface area contributed by atoms with Gasteiger partial charge < -0.3 is 24.7 Å². The van der Waals surface area contributed by atoms with E-state index in [1.165, 1.54) is 17.5 Å². The summed E-state index contributed by atoms with van der Waals surface area (Å²) < 4.78 is 11.2. The molecule has 2 aliphatic rings. The average Bonchev–Trinajstić information content (AvgIpc) is 3.42. The third-order valence-electron chi connectivity index (χ3n) is 7.71. The van der Waals surface area contributed by atoms with Crippen LogP contribution in [-0.4, -0.2) is 63.3 Å². The summed E-state index contributed by atoms with van der Waals surface area (Å²) in [6.45, 7) is 4.92. The normalized spacial score (nSPS) is 19.9. The van der Waals surface area contributed by atoms with Gasteiger partial charge in [-0.1, -0.05) is 6.07 Å². The highest BCUT2D eigenvalue weighted by molar-refractivity contribution is 5.94. The van der Waals surface area contributed by atoms with Crippen molar-refractivity contribution in [1.29, 1.82) is 0 Å². The van der Waals surface area contributed by atoms with Crippen LogP contribution in [0.1, 0.15) is 51.3 Å². The Hall–Kier alpha value is -3.27. The molecule has 5 rings (SSSR count). The Morgan fingerprint density at radius 3 is 2.95 bits per heavy atom. The van der Waals surface area contributed by atoms with Gasteiger partial charge in [-0.25, -0.2) is 4.98 Å². The van der Waals surface area contributed by atoms with E-state index in [0.717, 1.165) is 55.8 Å². The number of aliphatic hydroxyl groups is 2. The van der Waals surface area contributed by atoms with E-state index in [0.29, 0.717) is 36.3 Å². The van der Waals surface area contributed by atoms with Gasteiger partial charge in [-0.2, -0.15) is 0 Å². The molecule has 0 unspecified atom stereocenters. The van der Waals surface area contributed by atoms with E-state index in [-0.39, 0.29) is 19.1 Å². The van der Waals surface area contributed by atoms with Crippen LogP contribution in [0.3, 0.4) is 0 Å². The lowest BCUT2D eigenvalue weighted by atomic mass is 9.73. The number of amides is 1. The van der Waals surface area contributed by atoms with E-state index in [1.54, 1.807) is 18.5 Å². The SMILES string of the molecule is Cc1c(OCc2cnco2)ccc2c1CCN(C[C@@H](O)CNC(=O)c1ccnc(CC3CC(CO)C3)c1)C2. The standard InChI is InChI=1S/C29H36N4O5/c1-19-27-5-7-33(14-23(27)2-3-28(19)37-17-26-13-30-18-38-26)15-25(35)12-32-29(36)22-4-6-31-24(11-22)10-20-8-21(9-20)16-34/h2-4,6,11,13,18,20-21,25,34-35H,5,7-10,12,14-17H2,1H3,(H,32,36)/t20?,21?,25-/m0/s1. The van der Waals surface area contributed by atoms with Gasteiger partial charge in [0.15, 0.2) is 12.2 Å². The third-order valence-corrected chi connectivity index (χ3v) is 7.71. The number of hydrogen-bond donors (Lipinski definition) is 3. The molecule has 9 nitrogen and oxygen atoms in total. The zero-order valence-corrected chi connectivity index (χ0v) is 21.8. The van der Waals surface area contributed by atoms with E-state index in [4.69, 9.17) is 9.15 Å². The minimum atomic E-state index is -0.669. The number of benzene rings is 1. The fourth-order valence-corrected chi connectivity index (χ4v) is 5.54. The Morgan fingerprint density at radius 2 is 2.16 bits per heavy atom. The van der Waals surface area contributed by atoms with Crippen molar-refractivity contribution in [2.75, 3.05) is 26.2 Å². The van der Waals surface area contributed by atoms with Crippen LogP contribution >= 0.6 is 0 Å². The van der Waals surface area contributed by atoms with Crippen LogP contribution in [0.15, 0.2) is 47.5 Å². The second-order valence-corrected chi connectivity index (χ2v) is 10.6. The number of nitrogens with zero attached hydrogens (tertiary/aromatic N) is 3. The molecule has 38 heavy (non-hydrogen) atoms. The maximum atomic E-state index is 12.7. The van der Waals surface area contributed by atoms with E-state index < -0.39 is 6.10 Å². The lowest BCUT2D eigenvalue weighted by molar-refractivity contribution is 0.0841. The zero-order chi connectivity index (χ0) is 26.5. The molecule has 0 spiro atoms. The number of pyridine rings is 1.